The van der Waals surface area contributed by atoms with Gasteiger partial charge >= 0.3 is 0 Å². The Morgan fingerprint density at radius 2 is 1.83 bits per heavy atom. The topological polar surface area (TPSA) is 12.0 Å². The second kappa shape index (κ2) is 7.95. The monoisotopic (exact) mass is 243 g/mol. The Kier molecular flexibility index (Phi) is 6.54. The zero-order valence-electron chi connectivity index (χ0n) is 12.1. The molecule has 0 aliphatic carbocycles. The van der Waals surface area contributed by atoms with Crippen LogP contribution in [0.1, 0.15) is 55.8 Å². The van der Waals surface area contributed by atoms with Crippen LogP contribution in [0.15, 0.2) is 18.2 Å². The van der Waals surface area contributed by atoms with Crippen molar-refractivity contribution in [2.75, 3.05) is 6.54 Å². The summed E-state index contributed by atoms with van der Waals surface area (Å²) < 4.78 is 0. The standard InChI is InChI=1S/C17H25N/c1-5-7-8-9-17(18-10-6-2)16-12-14(3)11-15(4)13-16/h11-13,17-18H,6,8-10H2,1-4H3. The molecule has 0 amide bonds. The molecule has 0 saturated heterocycles. The molecular weight excluding hydrogens is 218 g/mol. The average Bonchev–Trinajstić information content (AvgIpc) is 2.32. The van der Waals surface area contributed by atoms with Crippen molar-refractivity contribution in [3.63, 3.8) is 0 Å². The molecule has 1 rings (SSSR count). The molecule has 0 aromatic heterocycles. The van der Waals surface area contributed by atoms with Crippen molar-refractivity contribution < 1.29 is 0 Å². The van der Waals surface area contributed by atoms with Gasteiger partial charge in [-0.2, -0.15) is 0 Å². The molecule has 1 N–H and O–H groups in total. The molecule has 1 aromatic rings. The normalized spacial score (nSPS) is 11.8. The van der Waals surface area contributed by atoms with E-state index in [0.29, 0.717) is 6.04 Å². The maximum atomic E-state index is 3.63. The van der Waals surface area contributed by atoms with Crippen molar-refractivity contribution in [2.45, 2.75) is 53.0 Å². The Hall–Kier alpha value is -1.26. The fraction of sp³-hybridized carbons (Fsp3) is 0.529. The SMILES string of the molecule is CC#CCCC(NCCC)c1cc(C)cc(C)c1. The van der Waals surface area contributed by atoms with E-state index in [2.05, 4.69) is 56.1 Å². The van der Waals surface area contributed by atoms with Gasteiger partial charge in [0, 0.05) is 12.5 Å². The van der Waals surface area contributed by atoms with Crippen LogP contribution in [-0.4, -0.2) is 6.54 Å². The van der Waals surface area contributed by atoms with Gasteiger partial charge < -0.3 is 5.32 Å². The van der Waals surface area contributed by atoms with Crippen LogP contribution in [0.2, 0.25) is 0 Å². The molecule has 0 fully saturated rings. The first-order valence-corrected chi connectivity index (χ1v) is 6.88. The number of rotatable bonds is 6. The highest BCUT2D eigenvalue weighted by Gasteiger charge is 2.10. The number of hydrogen-bond acceptors (Lipinski definition) is 1. The first-order valence-electron chi connectivity index (χ1n) is 6.88. The van der Waals surface area contributed by atoms with Crippen LogP contribution in [0.4, 0.5) is 0 Å². The van der Waals surface area contributed by atoms with E-state index in [1.54, 1.807) is 0 Å². The summed E-state index contributed by atoms with van der Waals surface area (Å²) in [5.74, 6) is 6.14. The highest BCUT2D eigenvalue weighted by atomic mass is 14.9. The molecular formula is C17H25N. The van der Waals surface area contributed by atoms with Gasteiger partial charge in [0.05, 0.1) is 0 Å². The van der Waals surface area contributed by atoms with Gasteiger partial charge in [0.1, 0.15) is 0 Å². The van der Waals surface area contributed by atoms with E-state index in [9.17, 15) is 0 Å². The van der Waals surface area contributed by atoms with E-state index in [1.165, 1.54) is 23.1 Å². The van der Waals surface area contributed by atoms with Crippen LogP contribution in [0, 0.1) is 25.7 Å². The van der Waals surface area contributed by atoms with Gasteiger partial charge in [-0.25, -0.2) is 0 Å². The van der Waals surface area contributed by atoms with E-state index in [4.69, 9.17) is 0 Å². The maximum absolute atomic E-state index is 3.63. The lowest BCUT2D eigenvalue weighted by atomic mass is 9.98. The van der Waals surface area contributed by atoms with Gasteiger partial charge in [0.25, 0.3) is 0 Å². The van der Waals surface area contributed by atoms with Crippen LogP contribution >= 0.6 is 0 Å². The second-order valence-corrected chi connectivity index (χ2v) is 4.89. The van der Waals surface area contributed by atoms with E-state index in [1.807, 2.05) is 6.92 Å². The van der Waals surface area contributed by atoms with E-state index >= 15 is 0 Å². The van der Waals surface area contributed by atoms with Crippen molar-refractivity contribution in [1.29, 1.82) is 0 Å². The summed E-state index contributed by atoms with van der Waals surface area (Å²) in [7, 11) is 0. The predicted octanol–water partition coefficient (Wildman–Crippen LogP) is 4.15. The lowest BCUT2D eigenvalue weighted by Crippen LogP contribution is -2.22. The molecule has 1 heteroatoms. The van der Waals surface area contributed by atoms with Gasteiger partial charge in [-0.05, 0) is 45.7 Å². The van der Waals surface area contributed by atoms with Gasteiger partial charge in [-0.3, -0.25) is 0 Å². The van der Waals surface area contributed by atoms with Gasteiger partial charge in [-0.1, -0.05) is 36.2 Å². The van der Waals surface area contributed by atoms with Crippen LogP contribution in [0.25, 0.3) is 0 Å². The minimum absolute atomic E-state index is 0.435. The van der Waals surface area contributed by atoms with Crippen LogP contribution in [-0.2, 0) is 0 Å². The van der Waals surface area contributed by atoms with Crippen LogP contribution in [0.5, 0.6) is 0 Å². The Bertz CT molecular complexity index is 403. The highest BCUT2D eigenvalue weighted by molar-refractivity contribution is 5.30. The zero-order chi connectivity index (χ0) is 13.4. The lowest BCUT2D eigenvalue weighted by molar-refractivity contribution is 0.505. The Balaban J connectivity index is 2.81. The Morgan fingerprint density at radius 1 is 1.17 bits per heavy atom. The van der Waals surface area contributed by atoms with Crippen molar-refractivity contribution in [3.8, 4) is 11.8 Å². The zero-order valence-corrected chi connectivity index (χ0v) is 12.1. The summed E-state index contributed by atoms with van der Waals surface area (Å²) in [6, 6.07) is 7.25. The summed E-state index contributed by atoms with van der Waals surface area (Å²) >= 11 is 0. The van der Waals surface area contributed by atoms with E-state index in [-0.39, 0.29) is 0 Å². The van der Waals surface area contributed by atoms with Gasteiger partial charge in [-0.15, -0.1) is 11.8 Å². The van der Waals surface area contributed by atoms with E-state index in [0.717, 1.165) is 19.4 Å². The predicted molar refractivity (Wildman–Crippen MR) is 79.6 cm³/mol. The van der Waals surface area contributed by atoms with Crippen LogP contribution in [0.3, 0.4) is 0 Å². The fourth-order valence-electron chi connectivity index (χ4n) is 2.26. The molecule has 0 aliphatic rings. The molecule has 1 aromatic carbocycles. The van der Waals surface area contributed by atoms with Gasteiger partial charge in [0.15, 0.2) is 0 Å². The van der Waals surface area contributed by atoms with E-state index < -0.39 is 0 Å². The molecule has 0 aliphatic heterocycles. The maximum Gasteiger partial charge on any atom is 0.0329 e. The molecule has 0 saturated carbocycles. The lowest BCUT2D eigenvalue weighted by Gasteiger charge is -2.19. The third-order valence-electron chi connectivity index (χ3n) is 3.02. The molecule has 98 valence electrons. The molecule has 0 spiro atoms. The number of aryl methyl sites for hydroxylation is 2. The second-order valence-electron chi connectivity index (χ2n) is 4.89. The molecule has 18 heavy (non-hydrogen) atoms. The first-order chi connectivity index (χ1) is 8.67. The first kappa shape index (κ1) is 14.8. The van der Waals surface area contributed by atoms with Crippen molar-refractivity contribution in [2.24, 2.45) is 0 Å². The molecule has 0 heterocycles. The molecule has 1 nitrogen and oxygen atoms in total. The quantitative estimate of drug-likeness (QED) is 0.740. The summed E-state index contributed by atoms with van der Waals surface area (Å²) in [5, 5.41) is 3.63. The third kappa shape index (κ3) is 4.94. The minimum atomic E-state index is 0.435. The Labute approximate surface area is 112 Å². The largest absolute Gasteiger partial charge is 0.310 e. The van der Waals surface area contributed by atoms with Crippen molar-refractivity contribution in [3.05, 3.63) is 34.9 Å². The summed E-state index contributed by atoms with van der Waals surface area (Å²) in [5.41, 5.74) is 4.09. The number of benzene rings is 1. The third-order valence-corrected chi connectivity index (χ3v) is 3.02. The van der Waals surface area contributed by atoms with Crippen molar-refractivity contribution >= 4 is 0 Å². The summed E-state index contributed by atoms with van der Waals surface area (Å²) in [4.78, 5) is 0. The smallest absolute Gasteiger partial charge is 0.0329 e. The summed E-state index contributed by atoms with van der Waals surface area (Å²) in [6.07, 6.45) is 3.22. The molecule has 0 radical (unpaired) electrons. The Morgan fingerprint density at radius 3 is 2.39 bits per heavy atom. The number of nitrogens with one attached hydrogen (secondary N) is 1. The molecule has 0 bridgehead atoms. The van der Waals surface area contributed by atoms with Crippen LogP contribution < -0.4 is 5.32 Å². The van der Waals surface area contributed by atoms with Crippen molar-refractivity contribution in [1.82, 2.24) is 5.32 Å². The molecule has 1 atom stereocenters. The molecule has 1 unspecified atom stereocenters. The minimum Gasteiger partial charge on any atom is -0.310 e. The highest BCUT2D eigenvalue weighted by Crippen LogP contribution is 2.21. The van der Waals surface area contributed by atoms with Gasteiger partial charge in [0.2, 0.25) is 0 Å². The number of hydrogen-bond donors (Lipinski definition) is 1. The fourth-order valence-corrected chi connectivity index (χ4v) is 2.26. The summed E-state index contributed by atoms with van der Waals surface area (Å²) in [6.45, 7) is 9.51. The average molecular weight is 243 g/mol.